The maximum atomic E-state index is 14.3. The summed E-state index contributed by atoms with van der Waals surface area (Å²) in [4.78, 5) is 79.6. The molecule has 2 aromatic rings. The van der Waals surface area contributed by atoms with Gasteiger partial charge in [0, 0.05) is 43.4 Å². The monoisotopic (exact) mass is 726 g/mol. The first-order valence-corrected chi connectivity index (χ1v) is 17.2. The molecule has 5 rings (SSSR count). The van der Waals surface area contributed by atoms with Gasteiger partial charge in [-0.05, 0) is 46.1 Å². The van der Waals surface area contributed by atoms with E-state index in [4.69, 9.17) is 28.8 Å². The first kappa shape index (κ1) is 36.9. The van der Waals surface area contributed by atoms with E-state index < -0.39 is 91.4 Å². The minimum atomic E-state index is -4.87. The molecule has 272 valence electrons. The molecule has 0 aliphatic carbocycles. The highest BCUT2D eigenvalue weighted by molar-refractivity contribution is 7.46. The molecule has 0 saturated carbocycles. The van der Waals surface area contributed by atoms with Crippen LogP contribution >= 0.6 is 7.82 Å². The largest absolute Gasteiger partial charge is 0.511 e. The Bertz CT molecular complexity index is 1830. The first-order chi connectivity index (χ1) is 23.5. The predicted molar refractivity (Wildman–Crippen MR) is 168 cm³/mol. The number of benzene rings is 1. The van der Waals surface area contributed by atoms with E-state index in [1.54, 1.807) is 11.8 Å². The van der Waals surface area contributed by atoms with Gasteiger partial charge in [-0.15, -0.1) is 0 Å². The predicted octanol–water partition coefficient (Wildman–Crippen LogP) is 3.32. The zero-order valence-corrected chi connectivity index (χ0v) is 28.5. The van der Waals surface area contributed by atoms with E-state index in [0.29, 0.717) is 31.0 Å². The van der Waals surface area contributed by atoms with Crippen molar-refractivity contribution in [3.63, 3.8) is 0 Å². The number of amides is 2. The third kappa shape index (κ3) is 7.24. The maximum Gasteiger partial charge on any atom is 0.511 e. The minimum absolute atomic E-state index is 0.0563. The molecule has 1 saturated heterocycles. The van der Waals surface area contributed by atoms with Crippen LogP contribution in [0.4, 0.5) is 13.6 Å². The quantitative estimate of drug-likeness (QED) is 0.173. The van der Waals surface area contributed by atoms with Crippen molar-refractivity contribution in [2.45, 2.75) is 83.2 Å². The second-order valence-electron chi connectivity index (χ2n) is 12.6. The standard InChI is InChI=1S/C31H37F2N4O12P/c1-5-21(48-50(42,43)44)14-45-29(41)47-16-46-26-24-28(40)36-15-30(4,31(9-8-18(36)3)11-17(2)35-49-31)37(24)13-22(25(26)38)27(39)34-12-19-6-7-20(32)10-23(19)33/h6-7,10,13,18,21H,5,8-9,11-12,14-16H2,1-4H3,(H,34,39)(H2,42,43,44)/t18-,21-,30?,31-/m0/s1. The first-order valence-electron chi connectivity index (χ1n) is 15.7. The Morgan fingerprint density at radius 1 is 1.24 bits per heavy atom. The van der Waals surface area contributed by atoms with Crippen LogP contribution in [0, 0.1) is 11.6 Å². The number of carbonyl (C=O) groups is 3. The van der Waals surface area contributed by atoms with Crippen LogP contribution in [0.3, 0.4) is 0 Å². The van der Waals surface area contributed by atoms with E-state index in [1.807, 2.05) is 13.8 Å². The van der Waals surface area contributed by atoms with E-state index in [0.717, 1.165) is 12.1 Å². The molecular formula is C31H37F2N4O12P. The molecule has 1 aromatic carbocycles. The zero-order valence-electron chi connectivity index (χ0n) is 27.6. The highest BCUT2D eigenvalue weighted by Gasteiger charge is 2.61. The van der Waals surface area contributed by atoms with Crippen molar-refractivity contribution in [3.8, 4) is 5.75 Å². The van der Waals surface area contributed by atoms with Gasteiger partial charge in [0.15, 0.2) is 11.3 Å². The van der Waals surface area contributed by atoms with E-state index in [1.165, 1.54) is 17.7 Å². The van der Waals surface area contributed by atoms with Crippen LogP contribution in [0.2, 0.25) is 0 Å². The molecule has 3 N–H and O–H groups in total. The second kappa shape index (κ2) is 14.1. The number of halogens is 2. The average Bonchev–Trinajstić information content (AvgIpc) is 3.41. The van der Waals surface area contributed by atoms with Gasteiger partial charge in [0.05, 0.1) is 5.71 Å². The average molecular weight is 727 g/mol. The lowest BCUT2D eigenvalue weighted by molar-refractivity contribution is -0.110. The van der Waals surface area contributed by atoms with E-state index in [9.17, 15) is 32.5 Å². The number of fused-ring (bicyclic) bond motifs is 5. The highest BCUT2D eigenvalue weighted by atomic mass is 31.2. The van der Waals surface area contributed by atoms with E-state index in [-0.39, 0.29) is 30.3 Å². The van der Waals surface area contributed by atoms with Crippen molar-refractivity contribution in [2.75, 3.05) is 19.9 Å². The van der Waals surface area contributed by atoms with Gasteiger partial charge in [-0.25, -0.2) is 18.1 Å². The van der Waals surface area contributed by atoms with Gasteiger partial charge in [0.1, 0.15) is 35.4 Å². The highest BCUT2D eigenvalue weighted by Crippen LogP contribution is 2.50. The molecule has 4 atom stereocenters. The number of phosphoric acid groups is 1. The Balaban J connectivity index is 1.50. The summed E-state index contributed by atoms with van der Waals surface area (Å²) in [5.41, 5.74) is -3.28. The summed E-state index contributed by atoms with van der Waals surface area (Å²) in [7, 11) is -4.87. The number of ether oxygens (including phenoxy) is 3. The molecule has 3 aliphatic heterocycles. The number of phosphoric ester groups is 1. The number of rotatable bonds is 11. The molecule has 2 bridgehead atoms. The number of carbonyl (C=O) groups excluding carboxylic acids is 3. The Labute approximate surface area is 284 Å². The van der Waals surface area contributed by atoms with Gasteiger partial charge in [-0.3, -0.25) is 18.9 Å². The fraction of sp³-hybridized carbons (Fsp3) is 0.516. The van der Waals surface area contributed by atoms with Crippen LogP contribution < -0.4 is 15.5 Å². The normalized spacial score (nSPS) is 23.4. The van der Waals surface area contributed by atoms with Gasteiger partial charge in [-0.2, -0.15) is 0 Å². The number of oxime groups is 1. The van der Waals surface area contributed by atoms with Crippen molar-refractivity contribution in [1.29, 1.82) is 0 Å². The number of aromatic nitrogens is 1. The summed E-state index contributed by atoms with van der Waals surface area (Å²) in [5, 5.41) is 6.65. The van der Waals surface area contributed by atoms with Crippen LogP contribution in [-0.2, 0) is 35.5 Å². The Kier molecular flexibility index (Phi) is 10.4. The summed E-state index contributed by atoms with van der Waals surface area (Å²) in [6.07, 6.45) is 0.145. The fourth-order valence-electron chi connectivity index (χ4n) is 6.44. The van der Waals surface area contributed by atoms with Crippen molar-refractivity contribution >= 4 is 31.5 Å². The maximum absolute atomic E-state index is 14.3. The van der Waals surface area contributed by atoms with Crippen molar-refractivity contribution in [1.82, 2.24) is 14.8 Å². The molecule has 50 heavy (non-hydrogen) atoms. The number of pyridine rings is 1. The third-order valence-corrected chi connectivity index (χ3v) is 9.82. The molecular weight excluding hydrogens is 689 g/mol. The molecule has 1 spiro atoms. The smallest absolute Gasteiger partial charge is 0.451 e. The molecule has 1 aromatic heterocycles. The van der Waals surface area contributed by atoms with E-state index >= 15 is 0 Å². The lowest BCUT2D eigenvalue weighted by Gasteiger charge is -2.50. The lowest BCUT2D eigenvalue weighted by Crippen LogP contribution is -2.63. The van der Waals surface area contributed by atoms with Crippen LogP contribution in [-0.4, -0.2) is 80.6 Å². The molecule has 1 fully saturated rings. The molecule has 0 radical (unpaired) electrons. The van der Waals surface area contributed by atoms with Crippen molar-refractivity contribution < 1.29 is 61.1 Å². The third-order valence-electron chi connectivity index (χ3n) is 9.24. The van der Waals surface area contributed by atoms with Crippen molar-refractivity contribution in [2.24, 2.45) is 5.16 Å². The van der Waals surface area contributed by atoms with Crippen LogP contribution in [0.1, 0.15) is 79.8 Å². The van der Waals surface area contributed by atoms with E-state index in [2.05, 4.69) is 15.0 Å². The van der Waals surface area contributed by atoms with Crippen molar-refractivity contribution in [3.05, 3.63) is 63.1 Å². The SMILES string of the molecule is CC[C@@H](COC(=O)OCOc1c2n(cc(C(=O)NCc3ccc(F)cc3F)c1=O)C1(C)CN(C2=O)[C@@H](C)CC[C@]12CC(C)=NO2)OP(=O)(O)O. The summed E-state index contributed by atoms with van der Waals surface area (Å²) >= 11 is 0. The number of nitrogens with zero attached hydrogens (tertiary/aromatic N) is 3. The Hall–Kier alpha value is -4.38. The Morgan fingerprint density at radius 3 is 2.62 bits per heavy atom. The lowest BCUT2D eigenvalue weighted by atomic mass is 9.74. The van der Waals surface area contributed by atoms with Gasteiger partial charge in [0.2, 0.25) is 18.0 Å². The summed E-state index contributed by atoms with van der Waals surface area (Å²) in [6, 6.07) is 2.50. The van der Waals surface area contributed by atoms with Gasteiger partial charge < -0.3 is 43.6 Å². The van der Waals surface area contributed by atoms with Gasteiger partial charge in [-0.1, -0.05) is 18.1 Å². The molecule has 19 heteroatoms. The molecule has 16 nitrogen and oxygen atoms in total. The number of hydrogen-bond acceptors (Lipinski definition) is 11. The topological polar surface area (TPSA) is 205 Å². The number of hydrogen-bond donors (Lipinski definition) is 3. The minimum Gasteiger partial charge on any atom is -0.451 e. The molecule has 4 heterocycles. The molecule has 1 unspecified atom stereocenters. The second-order valence-corrected chi connectivity index (χ2v) is 13.8. The Morgan fingerprint density at radius 2 is 1.98 bits per heavy atom. The number of nitrogens with one attached hydrogen (secondary N) is 1. The zero-order chi connectivity index (χ0) is 36.6. The van der Waals surface area contributed by atoms with Gasteiger partial charge >= 0.3 is 14.0 Å². The summed E-state index contributed by atoms with van der Waals surface area (Å²) in [6.45, 7) is 5.13. The summed E-state index contributed by atoms with van der Waals surface area (Å²) in [5.74, 6) is -3.93. The van der Waals surface area contributed by atoms with Crippen LogP contribution in [0.5, 0.6) is 5.75 Å². The molecule has 3 aliphatic rings. The van der Waals surface area contributed by atoms with Crippen LogP contribution in [0.25, 0.3) is 0 Å². The van der Waals surface area contributed by atoms with Crippen LogP contribution in [0.15, 0.2) is 34.3 Å². The fourth-order valence-corrected chi connectivity index (χ4v) is 7.04. The summed E-state index contributed by atoms with van der Waals surface area (Å²) < 4.78 is 60.3. The molecule has 2 amide bonds. The van der Waals surface area contributed by atoms with Gasteiger partial charge in [0.25, 0.3) is 11.8 Å².